The molecule has 7 nitrogen and oxygen atoms in total. The summed E-state index contributed by atoms with van der Waals surface area (Å²) >= 11 is 12.7. The summed E-state index contributed by atoms with van der Waals surface area (Å²) in [6, 6.07) is 8.04. The number of nitrogens with one attached hydrogen (secondary N) is 1. The Morgan fingerprint density at radius 2 is 1.68 bits per heavy atom. The fourth-order valence-electron chi connectivity index (χ4n) is 4.67. The van der Waals surface area contributed by atoms with Crippen molar-refractivity contribution in [2.24, 2.45) is 0 Å². The molecule has 0 unspecified atom stereocenters. The smallest absolute Gasteiger partial charge is 0.352 e. The van der Waals surface area contributed by atoms with E-state index in [2.05, 4.69) is 5.32 Å². The van der Waals surface area contributed by atoms with E-state index in [4.69, 9.17) is 23.2 Å². The lowest BCUT2D eigenvalue weighted by molar-refractivity contribution is -0.141. The van der Waals surface area contributed by atoms with Crippen LogP contribution in [-0.2, 0) is 32.3 Å². The van der Waals surface area contributed by atoms with Crippen LogP contribution in [0.3, 0.4) is 0 Å². The van der Waals surface area contributed by atoms with Gasteiger partial charge in [-0.15, -0.1) is 0 Å². The van der Waals surface area contributed by atoms with E-state index in [-0.39, 0.29) is 43.6 Å². The van der Waals surface area contributed by atoms with Gasteiger partial charge in [-0.2, -0.15) is 13.2 Å². The SMILES string of the molecule is C[C@H](C(=O)NC1CCCC1)N(Cc1c(Cl)cccc1Cl)C(=O)CCCN(c1cccc(C(F)(F)F)c1)S(C)(=O)=O. The van der Waals surface area contributed by atoms with Crippen molar-refractivity contribution in [1.29, 1.82) is 0 Å². The van der Waals surface area contributed by atoms with Crippen LogP contribution >= 0.6 is 23.2 Å². The molecule has 13 heteroatoms. The van der Waals surface area contributed by atoms with Gasteiger partial charge < -0.3 is 10.2 Å². The average molecular weight is 623 g/mol. The Morgan fingerprint density at radius 1 is 1.07 bits per heavy atom. The molecule has 220 valence electrons. The highest BCUT2D eigenvalue weighted by Gasteiger charge is 2.32. The van der Waals surface area contributed by atoms with Crippen molar-refractivity contribution < 1.29 is 31.2 Å². The Labute approximate surface area is 242 Å². The van der Waals surface area contributed by atoms with E-state index in [1.807, 2.05) is 0 Å². The van der Waals surface area contributed by atoms with Gasteiger partial charge in [0, 0.05) is 41.2 Å². The van der Waals surface area contributed by atoms with Gasteiger partial charge in [0.05, 0.1) is 17.5 Å². The quantitative estimate of drug-likeness (QED) is 0.332. The van der Waals surface area contributed by atoms with Crippen molar-refractivity contribution in [1.82, 2.24) is 10.2 Å². The zero-order valence-corrected chi connectivity index (χ0v) is 24.5. The molecular weight excluding hydrogens is 590 g/mol. The summed E-state index contributed by atoms with van der Waals surface area (Å²) in [5.74, 6) is -0.785. The summed E-state index contributed by atoms with van der Waals surface area (Å²) in [7, 11) is -3.96. The fraction of sp³-hybridized carbons (Fsp3) is 0.481. The number of carbonyl (C=O) groups excluding carboxylic acids is 2. The minimum absolute atomic E-state index is 0.00807. The van der Waals surface area contributed by atoms with Gasteiger partial charge in [0.1, 0.15) is 6.04 Å². The van der Waals surface area contributed by atoms with E-state index < -0.39 is 33.7 Å². The van der Waals surface area contributed by atoms with E-state index in [0.717, 1.165) is 54.4 Å². The first-order chi connectivity index (χ1) is 18.7. The van der Waals surface area contributed by atoms with E-state index in [9.17, 15) is 31.2 Å². The van der Waals surface area contributed by atoms with Crippen LogP contribution in [0.15, 0.2) is 42.5 Å². The second-order valence-electron chi connectivity index (χ2n) is 9.87. The van der Waals surface area contributed by atoms with E-state index in [0.29, 0.717) is 15.6 Å². The summed E-state index contributed by atoms with van der Waals surface area (Å²) in [5.41, 5.74) is -0.685. The molecule has 3 rings (SSSR count). The van der Waals surface area contributed by atoms with Crippen LogP contribution in [0.5, 0.6) is 0 Å². The standard InChI is InChI=1S/C27H32Cl2F3N3O4S/c1-18(26(37)33-20-9-3-4-10-20)34(17-22-23(28)12-6-13-24(22)29)25(36)14-7-15-35(40(2,38)39)21-11-5-8-19(16-21)27(30,31)32/h5-6,8,11-13,16,18,20H,3-4,7,9-10,14-15,17H2,1-2H3,(H,33,37)/t18-/m1/s1. The molecule has 0 heterocycles. The Hall–Kier alpha value is -2.50. The van der Waals surface area contributed by atoms with Gasteiger partial charge in [0.2, 0.25) is 21.8 Å². The van der Waals surface area contributed by atoms with Crippen molar-refractivity contribution in [2.45, 2.75) is 70.3 Å². The molecule has 1 aliphatic carbocycles. The van der Waals surface area contributed by atoms with Crippen LogP contribution in [0.2, 0.25) is 10.0 Å². The number of alkyl halides is 3. The Balaban J connectivity index is 1.78. The number of amides is 2. The van der Waals surface area contributed by atoms with Crippen LogP contribution in [0.1, 0.15) is 56.6 Å². The molecule has 1 fully saturated rings. The molecule has 0 bridgehead atoms. The Bertz CT molecular complexity index is 1300. The number of rotatable bonds is 11. The summed E-state index contributed by atoms with van der Waals surface area (Å²) in [6.45, 7) is 1.30. The number of sulfonamides is 1. The molecule has 1 N–H and O–H groups in total. The molecule has 2 aromatic carbocycles. The first kappa shape index (κ1) is 32.0. The third kappa shape index (κ3) is 8.50. The zero-order chi connectivity index (χ0) is 29.7. The lowest BCUT2D eigenvalue weighted by atomic mass is 10.1. The van der Waals surface area contributed by atoms with Crippen LogP contribution in [0.4, 0.5) is 18.9 Å². The second kappa shape index (κ2) is 13.4. The number of anilines is 1. The monoisotopic (exact) mass is 621 g/mol. The maximum absolute atomic E-state index is 13.4. The van der Waals surface area contributed by atoms with Gasteiger partial charge in [0.25, 0.3) is 0 Å². The molecule has 0 aliphatic heterocycles. The van der Waals surface area contributed by atoms with E-state index >= 15 is 0 Å². The predicted octanol–water partition coefficient (Wildman–Crippen LogP) is 6.03. The van der Waals surface area contributed by atoms with Crippen molar-refractivity contribution in [3.05, 3.63) is 63.6 Å². The molecule has 40 heavy (non-hydrogen) atoms. The number of carbonyl (C=O) groups is 2. The maximum Gasteiger partial charge on any atom is 0.416 e. The lowest BCUT2D eigenvalue weighted by Gasteiger charge is -2.31. The third-order valence-corrected chi connectivity index (χ3v) is 8.77. The Kier molecular flexibility index (Phi) is 10.8. The minimum Gasteiger partial charge on any atom is -0.352 e. The van der Waals surface area contributed by atoms with Crippen molar-refractivity contribution >= 4 is 50.7 Å². The minimum atomic E-state index is -4.65. The molecule has 1 atom stereocenters. The molecule has 0 saturated heterocycles. The Morgan fingerprint density at radius 3 is 2.25 bits per heavy atom. The molecule has 0 radical (unpaired) electrons. The molecule has 1 saturated carbocycles. The van der Waals surface area contributed by atoms with E-state index in [1.165, 1.54) is 11.0 Å². The van der Waals surface area contributed by atoms with Crippen LogP contribution < -0.4 is 9.62 Å². The number of benzene rings is 2. The summed E-state index contributed by atoms with van der Waals surface area (Å²) in [6.07, 6.45) is -0.194. The molecular formula is C27H32Cl2F3N3O4S. The average Bonchev–Trinajstić information content (AvgIpc) is 3.38. The highest BCUT2D eigenvalue weighted by atomic mass is 35.5. The van der Waals surface area contributed by atoms with Crippen LogP contribution in [0.25, 0.3) is 0 Å². The predicted molar refractivity (Wildman–Crippen MR) is 150 cm³/mol. The molecule has 0 spiro atoms. The largest absolute Gasteiger partial charge is 0.416 e. The molecule has 2 amide bonds. The van der Waals surface area contributed by atoms with Gasteiger partial charge in [-0.1, -0.05) is 48.2 Å². The summed E-state index contributed by atoms with van der Waals surface area (Å²) in [5, 5.41) is 3.63. The van der Waals surface area contributed by atoms with Gasteiger partial charge >= 0.3 is 6.18 Å². The molecule has 0 aromatic heterocycles. The number of hydrogen-bond acceptors (Lipinski definition) is 4. The molecule has 2 aromatic rings. The topological polar surface area (TPSA) is 86.8 Å². The fourth-order valence-corrected chi connectivity index (χ4v) is 6.14. The first-order valence-corrected chi connectivity index (χ1v) is 15.5. The maximum atomic E-state index is 13.4. The van der Waals surface area contributed by atoms with Gasteiger partial charge in [-0.25, -0.2) is 8.42 Å². The number of halogens is 5. The highest BCUT2D eigenvalue weighted by Crippen LogP contribution is 2.32. The number of nitrogens with zero attached hydrogens (tertiary/aromatic N) is 2. The molecule has 1 aliphatic rings. The lowest BCUT2D eigenvalue weighted by Crippen LogP contribution is -2.49. The summed E-state index contributed by atoms with van der Waals surface area (Å²) < 4.78 is 65.4. The normalized spacial score (nSPS) is 15.1. The van der Waals surface area contributed by atoms with Crippen molar-refractivity contribution in [3.63, 3.8) is 0 Å². The number of hydrogen-bond donors (Lipinski definition) is 1. The van der Waals surface area contributed by atoms with Crippen molar-refractivity contribution in [3.8, 4) is 0 Å². The van der Waals surface area contributed by atoms with E-state index in [1.54, 1.807) is 25.1 Å². The zero-order valence-electron chi connectivity index (χ0n) is 22.2. The van der Waals surface area contributed by atoms with Crippen LogP contribution in [0, 0.1) is 0 Å². The highest BCUT2D eigenvalue weighted by molar-refractivity contribution is 7.92. The second-order valence-corrected chi connectivity index (χ2v) is 12.6. The van der Waals surface area contributed by atoms with Gasteiger partial charge in [0.15, 0.2) is 0 Å². The summed E-state index contributed by atoms with van der Waals surface area (Å²) in [4.78, 5) is 27.9. The van der Waals surface area contributed by atoms with Crippen LogP contribution in [-0.4, -0.2) is 50.0 Å². The van der Waals surface area contributed by atoms with Gasteiger partial charge in [-0.05, 0) is 56.5 Å². The van der Waals surface area contributed by atoms with Gasteiger partial charge in [-0.3, -0.25) is 13.9 Å². The first-order valence-electron chi connectivity index (χ1n) is 12.9. The third-order valence-electron chi connectivity index (χ3n) is 6.87. The van der Waals surface area contributed by atoms with Crippen molar-refractivity contribution in [2.75, 3.05) is 17.1 Å².